The zero-order valence-electron chi connectivity index (χ0n) is 13.8. The van der Waals surface area contributed by atoms with Gasteiger partial charge in [0.1, 0.15) is 5.52 Å². The Morgan fingerprint density at radius 2 is 2.00 bits per heavy atom. The molecule has 3 fully saturated rings. The second kappa shape index (κ2) is 5.59. The van der Waals surface area contributed by atoms with Gasteiger partial charge < -0.3 is 15.1 Å². The van der Waals surface area contributed by atoms with Gasteiger partial charge in [-0.25, -0.2) is 4.98 Å². The van der Waals surface area contributed by atoms with Crippen LogP contribution >= 0.6 is 0 Å². The Kier molecular flexibility index (Phi) is 3.37. The standard InChI is InChI=1S/C19H23N3O2/c23-18(9-11-7-13-3-4-14(8-11)20-13)21-15-5-6-17-16(10-15)22-19(24-17)12-1-2-12/h5-6,10-14,20H,1-4,7-9H2,(H,21,23). The summed E-state index contributed by atoms with van der Waals surface area (Å²) in [7, 11) is 0. The lowest BCUT2D eigenvalue weighted by molar-refractivity contribution is -0.117. The van der Waals surface area contributed by atoms with Gasteiger partial charge >= 0.3 is 0 Å². The molecule has 2 N–H and O–H groups in total. The molecular formula is C19H23N3O2. The highest BCUT2D eigenvalue weighted by Crippen LogP contribution is 2.40. The maximum Gasteiger partial charge on any atom is 0.224 e. The van der Waals surface area contributed by atoms with Crippen molar-refractivity contribution in [1.29, 1.82) is 0 Å². The molecule has 5 rings (SSSR count). The summed E-state index contributed by atoms with van der Waals surface area (Å²) in [5.74, 6) is 1.98. The molecule has 1 aliphatic carbocycles. The lowest BCUT2D eigenvalue weighted by atomic mass is 9.89. The molecule has 2 saturated heterocycles. The van der Waals surface area contributed by atoms with Crippen molar-refractivity contribution in [2.24, 2.45) is 5.92 Å². The van der Waals surface area contributed by atoms with Gasteiger partial charge in [0.15, 0.2) is 11.5 Å². The van der Waals surface area contributed by atoms with Crippen molar-refractivity contribution in [2.45, 2.75) is 62.9 Å². The van der Waals surface area contributed by atoms with E-state index in [0.29, 0.717) is 30.3 Å². The quantitative estimate of drug-likeness (QED) is 0.902. The summed E-state index contributed by atoms with van der Waals surface area (Å²) in [5.41, 5.74) is 2.47. The molecule has 5 nitrogen and oxygen atoms in total. The molecule has 2 aromatic rings. The molecule has 1 amide bonds. The van der Waals surface area contributed by atoms with Crippen LogP contribution in [0, 0.1) is 5.92 Å². The van der Waals surface area contributed by atoms with E-state index < -0.39 is 0 Å². The average molecular weight is 325 g/mol. The molecule has 2 unspecified atom stereocenters. The molecule has 0 radical (unpaired) electrons. The highest BCUT2D eigenvalue weighted by atomic mass is 16.3. The average Bonchev–Trinajstić information content (AvgIpc) is 3.24. The van der Waals surface area contributed by atoms with Crippen molar-refractivity contribution in [1.82, 2.24) is 10.3 Å². The van der Waals surface area contributed by atoms with Crippen molar-refractivity contribution in [3.05, 3.63) is 24.1 Å². The second-order valence-electron chi connectivity index (χ2n) is 7.74. The number of hydrogen-bond acceptors (Lipinski definition) is 4. The second-order valence-corrected chi connectivity index (χ2v) is 7.74. The first kappa shape index (κ1) is 14.5. The first-order chi connectivity index (χ1) is 11.7. The zero-order chi connectivity index (χ0) is 16.1. The largest absolute Gasteiger partial charge is 0.440 e. The number of rotatable bonds is 4. The van der Waals surface area contributed by atoms with E-state index in [1.54, 1.807) is 0 Å². The molecule has 2 aliphatic heterocycles. The van der Waals surface area contributed by atoms with E-state index in [2.05, 4.69) is 15.6 Å². The predicted molar refractivity (Wildman–Crippen MR) is 91.9 cm³/mol. The minimum atomic E-state index is 0.117. The number of fused-ring (bicyclic) bond motifs is 3. The van der Waals surface area contributed by atoms with Gasteiger partial charge in [0.05, 0.1) is 0 Å². The van der Waals surface area contributed by atoms with Crippen LogP contribution in [0.25, 0.3) is 11.1 Å². The third kappa shape index (κ3) is 2.81. The summed E-state index contributed by atoms with van der Waals surface area (Å²) < 4.78 is 5.77. The normalized spacial score (nSPS) is 29.1. The molecule has 2 atom stereocenters. The Labute approximate surface area is 141 Å². The smallest absolute Gasteiger partial charge is 0.224 e. The van der Waals surface area contributed by atoms with Crippen LogP contribution in [-0.4, -0.2) is 23.0 Å². The number of piperidine rings is 1. The van der Waals surface area contributed by atoms with Crippen LogP contribution in [0.1, 0.15) is 56.8 Å². The fourth-order valence-electron chi connectivity index (χ4n) is 4.34. The van der Waals surface area contributed by atoms with Crippen molar-refractivity contribution in [3.63, 3.8) is 0 Å². The number of carbonyl (C=O) groups excluding carboxylic acids is 1. The van der Waals surface area contributed by atoms with Crippen LogP contribution in [0.3, 0.4) is 0 Å². The predicted octanol–water partition coefficient (Wildman–Crippen LogP) is 3.56. The molecule has 126 valence electrons. The van der Waals surface area contributed by atoms with Gasteiger partial charge in [-0.05, 0) is 62.6 Å². The van der Waals surface area contributed by atoms with E-state index in [1.165, 1.54) is 25.7 Å². The zero-order valence-corrected chi connectivity index (χ0v) is 13.8. The summed E-state index contributed by atoms with van der Waals surface area (Å²) in [6.07, 6.45) is 7.79. The lowest BCUT2D eigenvalue weighted by Gasteiger charge is -2.28. The highest BCUT2D eigenvalue weighted by molar-refractivity contribution is 5.92. The summed E-state index contributed by atoms with van der Waals surface area (Å²) in [6.45, 7) is 0. The summed E-state index contributed by atoms with van der Waals surface area (Å²) in [5, 5.41) is 6.67. The van der Waals surface area contributed by atoms with Gasteiger partial charge in [0.2, 0.25) is 5.91 Å². The minimum absolute atomic E-state index is 0.117. The van der Waals surface area contributed by atoms with Crippen LogP contribution < -0.4 is 10.6 Å². The van der Waals surface area contributed by atoms with Gasteiger partial charge in [0, 0.05) is 30.1 Å². The van der Waals surface area contributed by atoms with Crippen LogP contribution in [0.2, 0.25) is 0 Å². The Bertz CT molecular complexity index is 768. The van der Waals surface area contributed by atoms with E-state index in [-0.39, 0.29) is 5.91 Å². The third-order valence-electron chi connectivity index (χ3n) is 5.66. The fraction of sp³-hybridized carbons (Fsp3) is 0.579. The Morgan fingerprint density at radius 1 is 1.21 bits per heavy atom. The van der Waals surface area contributed by atoms with Crippen LogP contribution in [-0.2, 0) is 4.79 Å². The van der Waals surface area contributed by atoms with Gasteiger partial charge in [0.25, 0.3) is 0 Å². The van der Waals surface area contributed by atoms with E-state index >= 15 is 0 Å². The lowest BCUT2D eigenvalue weighted by Crippen LogP contribution is -2.39. The molecule has 3 heterocycles. The summed E-state index contributed by atoms with van der Waals surface area (Å²) in [4.78, 5) is 17.0. The summed E-state index contributed by atoms with van der Waals surface area (Å²) in [6, 6.07) is 7.01. The molecule has 2 bridgehead atoms. The number of nitrogens with one attached hydrogen (secondary N) is 2. The SMILES string of the molecule is O=C(CC1CC2CCC(C1)N2)Nc1ccc2oc(C3CC3)nc2c1. The maximum absolute atomic E-state index is 12.4. The number of benzene rings is 1. The number of hydrogen-bond donors (Lipinski definition) is 2. The van der Waals surface area contributed by atoms with Gasteiger partial charge in [-0.3, -0.25) is 4.79 Å². The molecule has 1 aromatic carbocycles. The van der Waals surface area contributed by atoms with Gasteiger partial charge in [-0.1, -0.05) is 0 Å². The van der Waals surface area contributed by atoms with Crippen LogP contribution in [0.15, 0.2) is 22.6 Å². The highest BCUT2D eigenvalue weighted by Gasteiger charge is 2.34. The van der Waals surface area contributed by atoms with Gasteiger partial charge in [-0.15, -0.1) is 0 Å². The molecule has 1 saturated carbocycles. The van der Waals surface area contributed by atoms with Gasteiger partial charge in [-0.2, -0.15) is 0 Å². The molecule has 5 heteroatoms. The van der Waals surface area contributed by atoms with Crippen molar-refractivity contribution >= 4 is 22.7 Å². The van der Waals surface area contributed by atoms with E-state index in [9.17, 15) is 4.79 Å². The van der Waals surface area contributed by atoms with Crippen LogP contribution in [0.5, 0.6) is 0 Å². The first-order valence-electron chi connectivity index (χ1n) is 9.19. The van der Waals surface area contributed by atoms with Crippen molar-refractivity contribution in [2.75, 3.05) is 5.32 Å². The first-order valence-corrected chi connectivity index (χ1v) is 9.19. The number of amides is 1. The Morgan fingerprint density at radius 3 is 2.75 bits per heavy atom. The van der Waals surface area contributed by atoms with E-state index in [1.807, 2.05) is 18.2 Å². The Balaban J connectivity index is 1.25. The van der Waals surface area contributed by atoms with E-state index in [0.717, 1.165) is 35.5 Å². The number of nitrogens with zero attached hydrogens (tertiary/aromatic N) is 1. The third-order valence-corrected chi connectivity index (χ3v) is 5.66. The number of aromatic nitrogens is 1. The molecule has 3 aliphatic rings. The van der Waals surface area contributed by atoms with Crippen molar-refractivity contribution < 1.29 is 9.21 Å². The van der Waals surface area contributed by atoms with Crippen molar-refractivity contribution in [3.8, 4) is 0 Å². The van der Waals surface area contributed by atoms with Crippen LogP contribution in [0.4, 0.5) is 5.69 Å². The topological polar surface area (TPSA) is 67.2 Å². The number of oxazole rings is 1. The molecule has 0 spiro atoms. The molecular weight excluding hydrogens is 302 g/mol. The number of carbonyl (C=O) groups is 1. The maximum atomic E-state index is 12.4. The minimum Gasteiger partial charge on any atom is -0.440 e. The number of anilines is 1. The Hall–Kier alpha value is -1.88. The fourth-order valence-corrected chi connectivity index (χ4v) is 4.34. The van der Waals surface area contributed by atoms with E-state index in [4.69, 9.17) is 4.42 Å². The summed E-state index contributed by atoms with van der Waals surface area (Å²) >= 11 is 0. The molecule has 24 heavy (non-hydrogen) atoms. The molecule has 1 aromatic heterocycles. The monoisotopic (exact) mass is 325 g/mol.